The van der Waals surface area contributed by atoms with Gasteiger partial charge in [-0.15, -0.1) is 24.8 Å². The molecule has 2 fully saturated rings. The molecule has 11 heteroatoms. The van der Waals surface area contributed by atoms with E-state index in [1.807, 2.05) is 22.9 Å². The van der Waals surface area contributed by atoms with Crippen molar-refractivity contribution in [2.24, 2.45) is 0 Å². The van der Waals surface area contributed by atoms with Crippen LogP contribution in [0.25, 0.3) is 10.9 Å². The maximum Gasteiger partial charge on any atom is 0.339 e. The Morgan fingerprint density at radius 1 is 1.16 bits per heavy atom. The number of likely N-dealkylation sites (tertiary alicyclic amines) is 1. The van der Waals surface area contributed by atoms with E-state index in [-0.39, 0.29) is 42.4 Å². The summed E-state index contributed by atoms with van der Waals surface area (Å²) in [5.41, 5.74) is 1.70. The number of esters is 1. The number of fused-ring (bicyclic) bond motifs is 3. The number of morpholine rings is 1. The summed E-state index contributed by atoms with van der Waals surface area (Å²) in [6, 6.07) is 9.77. The summed E-state index contributed by atoms with van der Waals surface area (Å²) in [7, 11) is 0. The van der Waals surface area contributed by atoms with E-state index in [0.717, 1.165) is 24.0 Å². The predicted octanol–water partition coefficient (Wildman–Crippen LogP) is 4.57. The van der Waals surface area contributed by atoms with Gasteiger partial charge in [0.1, 0.15) is 11.4 Å². The molecule has 3 aromatic rings. The topological polar surface area (TPSA) is 72.8 Å². The molecule has 2 saturated heterocycles. The van der Waals surface area contributed by atoms with Crippen molar-refractivity contribution in [1.29, 1.82) is 0 Å². The Bertz CT molecular complexity index is 1330. The number of aromatic nitrogens is 1. The highest BCUT2D eigenvalue weighted by Gasteiger charge is 2.48. The molecular weight excluding hydrogens is 544 g/mol. The molecule has 2 aromatic carbocycles. The van der Waals surface area contributed by atoms with Gasteiger partial charge >= 0.3 is 5.97 Å². The number of halogens is 4. The Kier molecular flexibility index (Phi) is 8.07. The lowest BCUT2D eigenvalue weighted by Gasteiger charge is -2.38. The molecule has 0 saturated carbocycles. The maximum absolute atomic E-state index is 13.7. The number of hydrogen-bond acceptors (Lipinski definition) is 5. The van der Waals surface area contributed by atoms with E-state index in [4.69, 9.17) is 21.1 Å². The van der Waals surface area contributed by atoms with Crippen LogP contribution in [0.4, 0.5) is 4.39 Å². The van der Waals surface area contributed by atoms with E-state index in [2.05, 4.69) is 5.32 Å². The summed E-state index contributed by atoms with van der Waals surface area (Å²) in [6.45, 7) is 3.72. The fourth-order valence-electron chi connectivity index (χ4n) is 5.53. The third kappa shape index (κ3) is 4.93. The van der Waals surface area contributed by atoms with Gasteiger partial charge in [0.25, 0.3) is 5.91 Å². The zero-order valence-corrected chi connectivity index (χ0v) is 22.3. The highest BCUT2D eigenvalue weighted by Crippen LogP contribution is 2.44. The predicted molar refractivity (Wildman–Crippen MR) is 143 cm³/mol. The Balaban J connectivity index is 0.00000160. The molecule has 1 spiro atoms. The normalized spacial score (nSPS) is 20.2. The fourth-order valence-corrected chi connectivity index (χ4v) is 5.69. The number of carbonyl (C=O) groups is 2. The highest BCUT2D eigenvalue weighted by atomic mass is 35.5. The molecule has 0 aliphatic carbocycles. The summed E-state index contributed by atoms with van der Waals surface area (Å²) in [5.74, 6) is -1.04. The number of piperidine rings is 1. The highest BCUT2D eigenvalue weighted by molar-refractivity contribution is 6.31. The third-order valence-corrected chi connectivity index (χ3v) is 7.55. The molecule has 1 amide bonds. The Labute approximate surface area is 231 Å². The molecule has 1 aromatic heterocycles. The summed E-state index contributed by atoms with van der Waals surface area (Å²) in [4.78, 5) is 27.8. The second kappa shape index (κ2) is 10.8. The van der Waals surface area contributed by atoms with Crippen LogP contribution in [-0.4, -0.2) is 60.2 Å². The van der Waals surface area contributed by atoms with Crippen LogP contribution in [-0.2, 0) is 21.6 Å². The standard InChI is InChI=1S/C26H25ClFN3O4.2ClH/c27-16-1-3-19-21(15-31(23(19)11-16)14-18-13-29-7-10-34-18)24(32)30-8-5-26(6-9-30)22-4-2-17(28)12-20(22)25(33)35-26;;/h1-4,11-12,15,18,29H,5-10,13-14H2;2*1H/t18-;;/m1../s1. The van der Waals surface area contributed by atoms with Gasteiger partial charge in [-0.25, -0.2) is 9.18 Å². The smallest absolute Gasteiger partial charge is 0.339 e. The summed E-state index contributed by atoms with van der Waals surface area (Å²) in [6.07, 6.45) is 2.84. The lowest BCUT2D eigenvalue weighted by Crippen LogP contribution is -2.45. The van der Waals surface area contributed by atoms with E-state index < -0.39 is 17.4 Å². The molecule has 0 radical (unpaired) electrons. The second-order valence-electron chi connectivity index (χ2n) is 9.42. The molecule has 3 aliphatic rings. The van der Waals surface area contributed by atoms with Gasteiger partial charge in [0.15, 0.2) is 0 Å². The van der Waals surface area contributed by atoms with E-state index in [9.17, 15) is 14.0 Å². The minimum Gasteiger partial charge on any atom is -0.450 e. The zero-order chi connectivity index (χ0) is 24.2. The lowest BCUT2D eigenvalue weighted by molar-refractivity contribution is -0.0389. The molecule has 0 unspecified atom stereocenters. The number of hydrogen-bond donors (Lipinski definition) is 1. The summed E-state index contributed by atoms with van der Waals surface area (Å²) < 4.78 is 27.3. The molecule has 1 N–H and O–H groups in total. The van der Waals surface area contributed by atoms with Gasteiger partial charge in [-0.1, -0.05) is 23.7 Å². The van der Waals surface area contributed by atoms with Gasteiger partial charge in [-0.2, -0.15) is 0 Å². The Hall–Kier alpha value is -2.36. The number of benzene rings is 2. The first-order chi connectivity index (χ1) is 16.9. The van der Waals surface area contributed by atoms with E-state index >= 15 is 0 Å². The molecule has 4 heterocycles. The zero-order valence-electron chi connectivity index (χ0n) is 19.9. The SMILES string of the molecule is Cl.Cl.O=C1OC2(CCN(C(=O)c3cn(C[C@H]4CNCCO4)c4cc(Cl)ccc34)CC2)c2ccc(F)cc21. The number of carbonyl (C=O) groups excluding carboxylic acids is 2. The van der Waals surface area contributed by atoms with Gasteiger partial charge in [0.05, 0.1) is 35.9 Å². The molecule has 0 bridgehead atoms. The fraction of sp³-hybridized carbons (Fsp3) is 0.385. The first kappa shape index (κ1) is 27.7. The first-order valence-corrected chi connectivity index (χ1v) is 12.2. The van der Waals surface area contributed by atoms with E-state index in [1.165, 1.54) is 12.1 Å². The molecule has 7 nitrogen and oxygen atoms in total. The van der Waals surface area contributed by atoms with E-state index in [1.54, 1.807) is 17.0 Å². The maximum atomic E-state index is 13.7. The van der Waals surface area contributed by atoms with Crippen molar-refractivity contribution in [2.75, 3.05) is 32.8 Å². The minimum absolute atomic E-state index is 0. The average molecular weight is 571 g/mol. The molecule has 37 heavy (non-hydrogen) atoms. The van der Waals surface area contributed by atoms with Crippen molar-refractivity contribution in [3.63, 3.8) is 0 Å². The molecule has 3 aliphatic heterocycles. The number of ether oxygens (including phenoxy) is 2. The van der Waals surface area contributed by atoms with Crippen LogP contribution in [0.3, 0.4) is 0 Å². The van der Waals surface area contributed by atoms with Crippen molar-refractivity contribution in [3.05, 3.63) is 70.1 Å². The average Bonchev–Trinajstić information content (AvgIpc) is 3.34. The monoisotopic (exact) mass is 569 g/mol. The largest absolute Gasteiger partial charge is 0.450 e. The van der Waals surface area contributed by atoms with Gasteiger partial charge < -0.3 is 24.3 Å². The van der Waals surface area contributed by atoms with E-state index in [0.29, 0.717) is 55.2 Å². The number of nitrogens with zero attached hydrogens (tertiary/aromatic N) is 2. The van der Waals surface area contributed by atoms with Crippen LogP contribution >= 0.6 is 36.4 Å². The molecule has 1 atom stereocenters. The second-order valence-corrected chi connectivity index (χ2v) is 9.86. The van der Waals surface area contributed by atoms with Crippen molar-refractivity contribution in [2.45, 2.75) is 31.1 Å². The van der Waals surface area contributed by atoms with Crippen LogP contribution in [0.2, 0.25) is 5.02 Å². The van der Waals surface area contributed by atoms with Crippen molar-refractivity contribution in [1.82, 2.24) is 14.8 Å². The van der Waals surface area contributed by atoms with Crippen molar-refractivity contribution in [3.8, 4) is 0 Å². The minimum atomic E-state index is -0.802. The number of nitrogens with one attached hydrogen (secondary N) is 1. The van der Waals surface area contributed by atoms with Crippen molar-refractivity contribution >= 4 is 59.2 Å². The number of rotatable bonds is 3. The summed E-state index contributed by atoms with van der Waals surface area (Å²) in [5, 5.41) is 4.79. The third-order valence-electron chi connectivity index (χ3n) is 7.32. The Morgan fingerprint density at radius 2 is 1.95 bits per heavy atom. The molecule has 6 rings (SSSR count). The van der Waals surface area contributed by atoms with Crippen LogP contribution < -0.4 is 5.32 Å². The van der Waals surface area contributed by atoms with Gasteiger partial charge in [0, 0.05) is 61.2 Å². The molecular formula is C26H27Cl3FN3O4. The lowest BCUT2D eigenvalue weighted by atomic mass is 9.83. The van der Waals surface area contributed by atoms with Crippen molar-refractivity contribution < 1.29 is 23.5 Å². The quantitative estimate of drug-likeness (QED) is 0.467. The molecule has 198 valence electrons. The first-order valence-electron chi connectivity index (χ1n) is 11.9. The Morgan fingerprint density at radius 3 is 2.68 bits per heavy atom. The summed E-state index contributed by atoms with van der Waals surface area (Å²) >= 11 is 6.29. The van der Waals surface area contributed by atoms with Crippen LogP contribution in [0, 0.1) is 5.82 Å². The number of amides is 1. The van der Waals surface area contributed by atoms with Gasteiger partial charge in [0.2, 0.25) is 0 Å². The van der Waals surface area contributed by atoms with Crippen LogP contribution in [0.5, 0.6) is 0 Å². The van der Waals surface area contributed by atoms with Crippen LogP contribution in [0.1, 0.15) is 39.1 Å². The van der Waals surface area contributed by atoms with Gasteiger partial charge in [-0.05, 0) is 24.3 Å². The van der Waals surface area contributed by atoms with Gasteiger partial charge in [-0.3, -0.25) is 4.79 Å². The van der Waals surface area contributed by atoms with Crippen LogP contribution in [0.15, 0.2) is 42.6 Å².